The van der Waals surface area contributed by atoms with Gasteiger partial charge in [-0.3, -0.25) is 4.79 Å². The Morgan fingerprint density at radius 1 is 1.24 bits per heavy atom. The second-order valence-electron chi connectivity index (χ2n) is 4.84. The highest BCUT2D eigenvalue weighted by Gasteiger charge is 2.35. The van der Waals surface area contributed by atoms with Crippen molar-refractivity contribution in [1.29, 1.82) is 0 Å². The largest absolute Gasteiger partial charge is 0.490 e. The minimum Gasteiger partial charge on any atom is -0.490 e. The van der Waals surface area contributed by atoms with Gasteiger partial charge in [0, 0.05) is 5.92 Å². The van der Waals surface area contributed by atoms with Crippen molar-refractivity contribution in [3.63, 3.8) is 0 Å². The molecule has 1 aliphatic carbocycles. The summed E-state index contributed by atoms with van der Waals surface area (Å²) in [6.07, 6.45) is 3.86. The minimum atomic E-state index is 0.112. The van der Waals surface area contributed by atoms with Gasteiger partial charge in [-0.1, -0.05) is 30.3 Å². The lowest BCUT2D eigenvalue weighted by atomic mass is 9.95. The van der Waals surface area contributed by atoms with Gasteiger partial charge in [0.1, 0.15) is 0 Å². The Bertz CT molecular complexity index is 459. The summed E-state index contributed by atoms with van der Waals surface area (Å²) in [6, 6.07) is 10.2. The lowest BCUT2D eigenvalue weighted by Gasteiger charge is -2.13. The van der Waals surface area contributed by atoms with E-state index in [-0.39, 0.29) is 11.7 Å². The summed E-state index contributed by atoms with van der Waals surface area (Å²) in [5, 5.41) is 0. The molecular weight excluding hydrogens is 212 g/mol. The molecule has 1 aliphatic heterocycles. The number of rotatable bonds is 2. The molecule has 0 amide bonds. The van der Waals surface area contributed by atoms with Crippen molar-refractivity contribution >= 4 is 5.78 Å². The molecule has 0 saturated carbocycles. The maximum atomic E-state index is 12.2. The first-order valence-electron chi connectivity index (χ1n) is 6.27. The predicted octanol–water partition coefficient (Wildman–Crippen LogP) is 2.88. The molecule has 2 heteroatoms. The van der Waals surface area contributed by atoms with E-state index in [1.54, 1.807) is 0 Å². The summed E-state index contributed by atoms with van der Waals surface area (Å²) in [5.74, 6) is 1.03. The van der Waals surface area contributed by atoms with E-state index in [9.17, 15) is 4.79 Å². The molecule has 0 radical (unpaired) electrons. The minimum absolute atomic E-state index is 0.112. The fraction of sp³-hybridized carbons (Fsp3) is 0.400. The molecular formula is C15H16O2. The third kappa shape index (κ3) is 1.99. The van der Waals surface area contributed by atoms with Crippen molar-refractivity contribution in [1.82, 2.24) is 0 Å². The van der Waals surface area contributed by atoms with E-state index in [0.29, 0.717) is 12.4 Å². The first-order valence-corrected chi connectivity index (χ1v) is 6.27. The number of allylic oxidation sites excluding steroid dienone is 2. The molecule has 0 saturated heterocycles. The van der Waals surface area contributed by atoms with Gasteiger partial charge in [-0.25, -0.2) is 0 Å². The van der Waals surface area contributed by atoms with E-state index in [0.717, 1.165) is 25.7 Å². The maximum Gasteiger partial charge on any atom is 0.201 e. The SMILES string of the molecule is O=C1C2=C(CCCO2)C[C@@H]1Cc1ccccc1. The lowest BCUT2D eigenvalue weighted by Crippen LogP contribution is -2.15. The molecule has 0 fully saturated rings. The molecule has 1 atom stereocenters. The summed E-state index contributed by atoms with van der Waals surface area (Å²) >= 11 is 0. The van der Waals surface area contributed by atoms with Gasteiger partial charge in [0.15, 0.2) is 5.76 Å². The van der Waals surface area contributed by atoms with Crippen LogP contribution in [0.4, 0.5) is 0 Å². The third-order valence-corrected chi connectivity index (χ3v) is 3.60. The number of carbonyl (C=O) groups excluding carboxylic acids is 1. The van der Waals surface area contributed by atoms with Crippen LogP contribution in [0.25, 0.3) is 0 Å². The summed E-state index contributed by atoms with van der Waals surface area (Å²) in [7, 11) is 0. The van der Waals surface area contributed by atoms with Crippen LogP contribution in [-0.2, 0) is 16.0 Å². The van der Waals surface area contributed by atoms with Crippen molar-refractivity contribution in [3.8, 4) is 0 Å². The van der Waals surface area contributed by atoms with Gasteiger partial charge in [-0.15, -0.1) is 0 Å². The molecule has 2 nitrogen and oxygen atoms in total. The topological polar surface area (TPSA) is 26.3 Å². The molecule has 0 spiro atoms. The van der Waals surface area contributed by atoms with E-state index in [1.807, 2.05) is 18.2 Å². The number of hydrogen-bond acceptors (Lipinski definition) is 2. The van der Waals surface area contributed by atoms with E-state index in [4.69, 9.17) is 4.74 Å². The highest BCUT2D eigenvalue weighted by atomic mass is 16.5. The van der Waals surface area contributed by atoms with Crippen LogP contribution < -0.4 is 0 Å². The average Bonchev–Trinajstić information content (AvgIpc) is 2.68. The highest BCUT2D eigenvalue weighted by Crippen LogP contribution is 2.36. The molecule has 1 aromatic carbocycles. The monoisotopic (exact) mass is 228 g/mol. The van der Waals surface area contributed by atoms with Gasteiger partial charge in [0.25, 0.3) is 0 Å². The van der Waals surface area contributed by atoms with Gasteiger partial charge in [-0.05, 0) is 36.8 Å². The molecule has 3 rings (SSSR count). The Labute approximate surface area is 101 Å². The summed E-state index contributed by atoms with van der Waals surface area (Å²) in [6.45, 7) is 0.711. The fourth-order valence-electron chi connectivity index (χ4n) is 2.75. The van der Waals surface area contributed by atoms with Crippen LogP contribution in [0.2, 0.25) is 0 Å². The van der Waals surface area contributed by atoms with Crippen LogP contribution in [0.1, 0.15) is 24.8 Å². The number of carbonyl (C=O) groups is 1. The quantitative estimate of drug-likeness (QED) is 0.778. The van der Waals surface area contributed by atoms with Crippen LogP contribution in [0.3, 0.4) is 0 Å². The van der Waals surface area contributed by atoms with Crippen molar-refractivity contribution in [2.45, 2.75) is 25.7 Å². The molecule has 0 aromatic heterocycles. The third-order valence-electron chi connectivity index (χ3n) is 3.60. The Morgan fingerprint density at radius 3 is 2.82 bits per heavy atom. The van der Waals surface area contributed by atoms with Crippen LogP contribution in [0.15, 0.2) is 41.7 Å². The zero-order valence-electron chi connectivity index (χ0n) is 9.82. The van der Waals surface area contributed by atoms with Crippen molar-refractivity contribution in [2.75, 3.05) is 6.61 Å². The second-order valence-corrected chi connectivity index (χ2v) is 4.84. The Morgan fingerprint density at radius 2 is 2.06 bits per heavy atom. The van der Waals surface area contributed by atoms with Crippen LogP contribution >= 0.6 is 0 Å². The molecule has 0 bridgehead atoms. The van der Waals surface area contributed by atoms with E-state index in [1.165, 1.54) is 11.1 Å². The Kier molecular flexibility index (Phi) is 2.71. The van der Waals surface area contributed by atoms with E-state index >= 15 is 0 Å². The normalized spacial score (nSPS) is 23.5. The van der Waals surface area contributed by atoms with Crippen LogP contribution in [0.5, 0.6) is 0 Å². The average molecular weight is 228 g/mol. The van der Waals surface area contributed by atoms with E-state index in [2.05, 4.69) is 12.1 Å². The van der Waals surface area contributed by atoms with Gasteiger partial charge < -0.3 is 4.74 Å². The van der Waals surface area contributed by atoms with Crippen molar-refractivity contribution in [3.05, 3.63) is 47.2 Å². The van der Waals surface area contributed by atoms with Gasteiger partial charge >= 0.3 is 0 Å². The molecule has 1 heterocycles. The Hall–Kier alpha value is -1.57. The lowest BCUT2D eigenvalue weighted by molar-refractivity contribution is -0.121. The molecule has 0 N–H and O–H groups in total. The number of ketones is 1. The van der Waals surface area contributed by atoms with Gasteiger partial charge in [0.2, 0.25) is 5.78 Å². The number of hydrogen-bond donors (Lipinski definition) is 0. The smallest absolute Gasteiger partial charge is 0.201 e. The van der Waals surface area contributed by atoms with Crippen LogP contribution in [-0.4, -0.2) is 12.4 Å². The van der Waals surface area contributed by atoms with E-state index < -0.39 is 0 Å². The molecule has 0 unspecified atom stereocenters. The van der Waals surface area contributed by atoms with Crippen molar-refractivity contribution < 1.29 is 9.53 Å². The standard InChI is InChI=1S/C15H16O2/c16-14-13(9-11-5-2-1-3-6-11)10-12-7-4-8-17-15(12)14/h1-3,5-6,13H,4,7-10H2/t13-/m0/s1. The van der Waals surface area contributed by atoms with Crippen molar-refractivity contribution in [2.24, 2.45) is 5.92 Å². The van der Waals surface area contributed by atoms with Gasteiger partial charge in [-0.2, -0.15) is 0 Å². The maximum absolute atomic E-state index is 12.2. The number of benzene rings is 1. The first kappa shape index (κ1) is 10.6. The molecule has 88 valence electrons. The fourth-order valence-corrected chi connectivity index (χ4v) is 2.75. The summed E-state index contributed by atoms with van der Waals surface area (Å²) in [4.78, 5) is 12.2. The second kappa shape index (κ2) is 4.36. The first-order chi connectivity index (χ1) is 8.34. The molecule has 17 heavy (non-hydrogen) atoms. The molecule has 1 aromatic rings. The summed E-state index contributed by atoms with van der Waals surface area (Å²) in [5.41, 5.74) is 2.49. The zero-order chi connectivity index (χ0) is 11.7. The number of Topliss-reactive ketones (excluding diaryl/α,β-unsaturated/α-hetero) is 1. The van der Waals surface area contributed by atoms with Crippen LogP contribution in [0, 0.1) is 5.92 Å². The predicted molar refractivity (Wildman–Crippen MR) is 65.5 cm³/mol. The van der Waals surface area contributed by atoms with Gasteiger partial charge in [0.05, 0.1) is 6.61 Å². The zero-order valence-corrected chi connectivity index (χ0v) is 9.82. The number of ether oxygens (including phenoxy) is 1. The summed E-state index contributed by atoms with van der Waals surface area (Å²) < 4.78 is 5.51. The molecule has 2 aliphatic rings. The Balaban J connectivity index is 1.74. The highest BCUT2D eigenvalue weighted by molar-refractivity contribution is 5.99.